The van der Waals surface area contributed by atoms with E-state index in [4.69, 9.17) is 4.42 Å². The first-order valence-electron chi connectivity index (χ1n) is 7.33. The van der Waals surface area contributed by atoms with Gasteiger partial charge in [-0.1, -0.05) is 0 Å². The van der Waals surface area contributed by atoms with Crippen LogP contribution in [0.5, 0.6) is 0 Å². The van der Waals surface area contributed by atoms with E-state index < -0.39 is 0 Å². The lowest BCUT2D eigenvalue weighted by Gasteiger charge is -2.04. The van der Waals surface area contributed by atoms with Gasteiger partial charge >= 0.3 is 0 Å². The van der Waals surface area contributed by atoms with E-state index in [2.05, 4.69) is 22.4 Å². The third-order valence-corrected chi connectivity index (χ3v) is 3.58. The summed E-state index contributed by atoms with van der Waals surface area (Å²) in [6, 6.07) is 3.45. The van der Waals surface area contributed by atoms with Crippen LogP contribution in [0.25, 0.3) is 11.0 Å². The molecule has 3 rings (SSSR count). The van der Waals surface area contributed by atoms with Gasteiger partial charge in [-0.2, -0.15) is 10.2 Å². The first kappa shape index (κ1) is 14.4. The summed E-state index contributed by atoms with van der Waals surface area (Å²) in [7, 11) is 0. The van der Waals surface area contributed by atoms with Crippen LogP contribution in [-0.2, 0) is 13.1 Å². The molecule has 0 unspecified atom stereocenters. The van der Waals surface area contributed by atoms with E-state index in [9.17, 15) is 4.79 Å². The van der Waals surface area contributed by atoms with Gasteiger partial charge in [0.2, 0.25) is 0 Å². The smallest absolute Gasteiger partial charge is 0.287 e. The second kappa shape index (κ2) is 5.67. The molecule has 3 heterocycles. The number of hydrogen-bond acceptors (Lipinski definition) is 4. The van der Waals surface area contributed by atoms with Crippen LogP contribution in [0, 0.1) is 13.8 Å². The maximum absolute atomic E-state index is 11.9. The molecule has 0 aliphatic heterocycles. The molecule has 0 aliphatic carbocycles. The average Bonchev–Trinajstić information content (AvgIpc) is 3.17. The standard InChI is InChI=1S/C15H19N5O2/c1-4-19-12-9-17-20(14(12)11(3)18-19)8-7-16-15(21)13-6-5-10(2)22-13/h5-6,9H,4,7-8H2,1-3H3,(H,16,21). The van der Waals surface area contributed by atoms with Crippen molar-refractivity contribution in [2.75, 3.05) is 6.54 Å². The van der Waals surface area contributed by atoms with Gasteiger partial charge in [0.25, 0.3) is 5.91 Å². The van der Waals surface area contributed by atoms with Crippen molar-refractivity contribution in [3.63, 3.8) is 0 Å². The predicted octanol–water partition coefficient (Wildman–Crippen LogP) is 1.89. The van der Waals surface area contributed by atoms with E-state index in [0.29, 0.717) is 18.8 Å². The number of aryl methyl sites for hydroxylation is 3. The minimum atomic E-state index is -0.211. The second-order valence-corrected chi connectivity index (χ2v) is 5.17. The molecule has 0 atom stereocenters. The minimum Gasteiger partial charge on any atom is -0.456 e. The molecule has 0 spiro atoms. The first-order chi connectivity index (χ1) is 10.6. The Labute approximate surface area is 127 Å². The molecule has 7 nitrogen and oxygen atoms in total. The Bertz CT molecular complexity index is 811. The quantitative estimate of drug-likeness (QED) is 0.780. The Kier molecular flexibility index (Phi) is 3.70. The number of carbonyl (C=O) groups is 1. The van der Waals surface area contributed by atoms with Crippen molar-refractivity contribution in [1.82, 2.24) is 24.9 Å². The molecule has 0 fully saturated rings. The normalized spacial score (nSPS) is 11.2. The highest BCUT2D eigenvalue weighted by Gasteiger charge is 2.13. The predicted molar refractivity (Wildman–Crippen MR) is 81.7 cm³/mol. The zero-order chi connectivity index (χ0) is 15.7. The molecule has 0 aromatic carbocycles. The maximum Gasteiger partial charge on any atom is 0.287 e. The molecular weight excluding hydrogens is 282 g/mol. The monoisotopic (exact) mass is 301 g/mol. The van der Waals surface area contributed by atoms with Gasteiger partial charge in [-0.25, -0.2) is 0 Å². The van der Waals surface area contributed by atoms with Gasteiger partial charge in [-0.15, -0.1) is 0 Å². The number of hydrogen-bond donors (Lipinski definition) is 1. The SMILES string of the molecule is CCn1nc(C)c2c1cnn2CCNC(=O)c1ccc(C)o1. The summed E-state index contributed by atoms with van der Waals surface area (Å²) in [5.74, 6) is 0.845. The molecule has 7 heteroatoms. The molecular formula is C15H19N5O2. The van der Waals surface area contributed by atoms with Crippen LogP contribution in [0.4, 0.5) is 0 Å². The van der Waals surface area contributed by atoms with Crippen molar-refractivity contribution in [3.05, 3.63) is 35.5 Å². The van der Waals surface area contributed by atoms with Gasteiger partial charge in [0, 0.05) is 13.1 Å². The van der Waals surface area contributed by atoms with Crippen LogP contribution in [0.15, 0.2) is 22.7 Å². The molecule has 0 aliphatic rings. The number of carbonyl (C=O) groups excluding carboxylic acids is 1. The number of aromatic nitrogens is 4. The number of rotatable bonds is 5. The zero-order valence-electron chi connectivity index (χ0n) is 13.0. The molecule has 0 saturated heterocycles. The van der Waals surface area contributed by atoms with E-state index in [1.165, 1.54) is 0 Å². The molecule has 3 aromatic rings. The van der Waals surface area contributed by atoms with E-state index in [1.807, 2.05) is 29.4 Å². The number of nitrogens with one attached hydrogen (secondary N) is 1. The molecule has 1 amide bonds. The molecule has 0 radical (unpaired) electrons. The first-order valence-corrected chi connectivity index (χ1v) is 7.33. The summed E-state index contributed by atoms with van der Waals surface area (Å²) in [5, 5.41) is 11.7. The Morgan fingerprint density at radius 3 is 2.82 bits per heavy atom. The Hall–Kier alpha value is -2.57. The summed E-state index contributed by atoms with van der Waals surface area (Å²) < 4.78 is 9.09. The van der Waals surface area contributed by atoms with Crippen LogP contribution >= 0.6 is 0 Å². The van der Waals surface area contributed by atoms with Crippen LogP contribution in [0.1, 0.15) is 28.9 Å². The van der Waals surface area contributed by atoms with Crippen molar-refractivity contribution >= 4 is 16.9 Å². The lowest BCUT2D eigenvalue weighted by Crippen LogP contribution is -2.27. The summed E-state index contributed by atoms with van der Waals surface area (Å²) in [6.07, 6.45) is 1.82. The lowest BCUT2D eigenvalue weighted by molar-refractivity contribution is 0.0923. The van der Waals surface area contributed by atoms with Gasteiger partial charge in [-0.3, -0.25) is 14.2 Å². The van der Waals surface area contributed by atoms with Crippen LogP contribution < -0.4 is 5.32 Å². The lowest BCUT2D eigenvalue weighted by atomic mass is 10.4. The fourth-order valence-electron chi connectivity index (χ4n) is 2.55. The third-order valence-electron chi connectivity index (χ3n) is 3.58. The summed E-state index contributed by atoms with van der Waals surface area (Å²) in [4.78, 5) is 11.9. The second-order valence-electron chi connectivity index (χ2n) is 5.17. The summed E-state index contributed by atoms with van der Waals surface area (Å²) in [6.45, 7) is 7.71. The van der Waals surface area contributed by atoms with Crippen molar-refractivity contribution < 1.29 is 9.21 Å². The van der Waals surface area contributed by atoms with Crippen molar-refractivity contribution in [2.45, 2.75) is 33.9 Å². The van der Waals surface area contributed by atoms with Crippen LogP contribution in [0.3, 0.4) is 0 Å². The molecule has 116 valence electrons. The highest BCUT2D eigenvalue weighted by molar-refractivity contribution is 5.91. The Morgan fingerprint density at radius 2 is 2.14 bits per heavy atom. The van der Waals surface area contributed by atoms with Crippen molar-refractivity contribution in [3.8, 4) is 0 Å². The maximum atomic E-state index is 11.9. The van der Waals surface area contributed by atoms with Gasteiger partial charge < -0.3 is 9.73 Å². The van der Waals surface area contributed by atoms with E-state index in [1.54, 1.807) is 12.1 Å². The highest BCUT2D eigenvalue weighted by Crippen LogP contribution is 2.17. The average molecular weight is 301 g/mol. The fraction of sp³-hybridized carbons (Fsp3) is 0.400. The van der Waals surface area contributed by atoms with E-state index in [-0.39, 0.29) is 5.91 Å². The van der Waals surface area contributed by atoms with Gasteiger partial charge in [0.1, 0.15) is 16.8 Å². The molecule has 1 N–H and O–H groups in total. The van der Waals surface area contributed by atoms with Gasteiger partial charge in [-0.05, 0) is 32.9 Å². The Morgan fingerprint density at radius 1 is 1.32 bits per heavy atom. The minimum absolute atomic E-state index is 0.211. The highest BCUT2D eigenvalue weighted by atomic mass is 16.3. The summed E-state index contributed by atoms with van der Waals surface area (Å²) in [5.41, 5.74) is 2.99. The Balaban J connectivity index is 1.67. The van der Waals surface area contributed by atoms with Gasteiger partial charge in [0.15, 0.2) is 5.76 Å². The molecule has 3 aromatic heterocycles. The third kappa shape index (κ3) is 2.49. The van der Waals surface area contributed by atoms with E-state index in [0.717, 1.165) is 29.0 Å². The van der Waals surface area contributed by atoms with Crippen molar-refractivity contribution in [2.24, 2.45) is 0 Å². The fourth-order valence-corrected chi connectivity index (χ4v) is 2.55. The van der Waals surface area contributed by atoms with E-state index >= 15 is 0 Å². The number of nitrogens with zero attached hydrogens (tertiary/aromatic N) is 4. The van der Waals surface area contributed by atoms with Gasteiger partial charge in [0.05, 0.1) is 18.4 Å². The molecule has 22 heavy (non-hydrogen) atoms. The number of furan rings is 1. The largest absolute Gasteiger partial charge is 0.456 e. The van der Waals surface area contributed by atoms with Crippen LogP contribution in [-0.4, -0.2) is 32.0 Å². The van der Waals surface area contributed by atoms with Crippen LogP contribution in [0.2, 0.25) is 0 Å². The van der Waals surface area contributed by atoms with Crippen molar-refractivity contribution in [1.29, 1.82) is 0 Å². The number of amides is 1. The summed E-state index contributed by atoms with van der Waals surface area (Å²) >= 11 is 0. The zero-order valence-corrected chi connectivity index (χ0v) is 13.0. The topological polar surface area (TPSA) is 77.9 Å². The number of fused-ring (bicyclic) bond motifs is 1. The molecule has 0 saturated carbocycles. The molecule has 0 bridgehead atoms.